The van der Waals surface area contributed by atoms with Crippen molar-refractivity contribution in [1.82, 2.24) is 0 Å². The Kier molecular flexibility index (Phi) is 4.94. The number of hydrogen-bond donors (Lipinski definition) is 0. The molecule has 2 rings (SSSR count). The summed E-state index contributed by atoms with van der Waals surface area (Å²) >= 11 is 4.31. The van der Waals surface area contributed by atoms with Crippen molar-refractivity contribution in [2.75, 3.05) is 6.61 Å². The summed E-state index contributed by atoms with van der Waals surface area (Å²) in [6.07, 6.45) is 3.58. The van der Waals surface area contributed by atoms with E-state index in [9.17, 15) is 0 Å². The van der Waals surface area contributed by atoms with Gasteiger partial charge in [-0.3, -0.25) is 0 Å². The predicted molar refractivity (Wildman–Crippen MR) is 57.7 cm³/mol. The molecule has 0 N–H and O–H groups in total. The Morgan fingerprint density at radius 1 is 1.57 bits per heavy atom. The first kappa shape index (κ1) is 11.6. The molecule has 0 aliphatic carbocycles. The first-order valence-corrected chi connectivity index (χ1v) is 9.07. The molecular formula is C9H12O2Se3. The van der Waals surface area contributed by atoms with Crippen LogP contribution in [0.1, 0.15) is 23.7 Å². The quantitative estimate of drug-likeness (QED) is 0.704. The van der Waals surface area contributed by atoms with E-state index in [1.165, 1.54) is 17.3 Å². The van der Waals surface area contributed by atoms with Crippen molar-refractivity contribution in [3.05, 3.63) is 11.2 Å². The Morgan fingerprint density at radius 2 is 2.50 bits per heavy atom. The molecule has 0 amide bonds. The summed E-state index contributed by atoms with van der Waals surface area (Å²) in [5, 5.41) is 0. The van der Waals surface area contributed by atoms with Crippen LogP contribution in [0.2, 0.25) is 0 Å². The van der Waals surface area contributed by atoms with E-state index < -0.39 is 0 Å². The average molecular weight is 389 g/mol. The van der Waals surface area contributed by atoms with Gasteiger partial charge in [-0.05, 0) is 0 Å². The van der Waals surface area contributed by atoms with Crippen molar-refractivity contribution in [3.63, 3.8) is 0 Å². The summed E-state index contributed by atoms with van der Waals surface area (Å²) in [4.78, 5) is 2.35. The molecule has 1 fully saturated rings. The second kappa shape index (κ2) is 5.98. The van der Waals surface area contributed by atoms with Crippen molar-refractivity contribution >= 4 is 44.6 Å². The van der Waals surface area contributed by atoms with E-state index in [1.807, 2.05) is 0 Å². The van der Waals surface area contributed by atoms with Crippen LogP contribution >= 0.6 is 0 Å². The van der Waals surface area contributed by atoms with Crippen LogP contribution in [-0.4, -0.2) is 57.5 Å². The maximum absolute atomic E-state index is 5.72. The van der Waals surface area contributed by atoms with Crippen molar-refractivity contribution in [3.8, 4) is 0 Å². The molecule has 1 unspecified atom stereocenters. The maximum atomic E-state index is 5.72. The zero-order chi connectivity index (χ0) is 9.80. The second-order valence-corrected chi connectivity index (χ2v) is 12.2. The minimum atomic E-state index is 0.0674. The topological polar surface area (TPSA) is 18.5 Å². The van der Waals surface area contributed by atoms with Gasteiger partial charge in [0.15, 0.2) is 0 Å². The third kappa shape index (κ3) is 3.59. The molecule has 1 saturated heterocycles. The van der Waals surface area contributed by atoms with Gasteiger partial charge in [0.25, 0.3) is 0 Å². The van der Waals surface area contributed by atoms with Gasteiger partial charge in [0.1, 0.15) is 0 Å². The van der Waals surface area contributed by atoms with Gasteiger partial charge in [-0.1, -0.05) is 0 Å². The molecule has 78 valence electrons. The standard InChI is InChI=1S/C9H12O2Se3/c12-9-13-6-7(14-9)5-11-8-3-1-2-4-10-8/h6,8H,1-5H2. The van der Waals surface area contributed by atoms with Gasteiger partial charge in [-0.25, -0.2) is 0 Å². The molecule has 0 bridgehead atoms. The van der Waals surface area contributed by atoms with E-state index in [0.717, 1.165) is 19.6 Å². The van der Waals surface area contributed by atoms with E-state index in [4.69, 9.17) is 9.47 Å². The van der Waals surface area contributed by atoms with Crippen LogP contribution in [0.4, 0.5) is 0 Å². The molecule has 1 aliphatic heterocycles. The molecule has 14 heavy (non-hydrogen) atoms. The van der Waals surface area contributed by atoms with Crippen LogP contribution in [0.5, 0.6) is 0 Å². The van der Waals surface area contributed by atoms with Crippen molar-refractivity contribution in [2.24, 2.45) is 0 Å². The summed E-state index contributed by atoms with van der Waals surface area (Å²) in [6.45, 7) is 1.66. The first-order valence-electron chi connectivity index (χ1n) is 4.65. The number of hydrogen-bond acceptors (Lipinski definition) is 2. The molecular weight excluding hydrogens is 377 g/mol. The summed E-state index contributed by atoms with van der Waals surface area (Å²) in [5.41, 5.74) is 0. The normalized spacial score (nSPS) is 22.4. The molecule has 1 aromatic heterocycles. The molecule has 2 heterocycles. The van der Waals surface area contributed by atoms with E-state index in [1.54, 1.807) is 1.81 Å². The number of ether oxygens (including phenoxy) is 2. The van der Waals surface area contributed by atoms with Crippen LogP contribution in [0.3, 0.4) is 0 Å². The van der Waals surface area contributed by atoms with Gasteiger partial charge in [0.05, 0.1) is 0 Å². The fraction of sp³-hybridized carbons (Fsp3) is 0.667. The van der Waals surface area contributed by atoms with E-state index >= 15 is 0 Å². The van der Waals surface area contributed by atoms with Crippen LogP contribution < -0.4 is 0 Å². The Hall–Kier alpha value is 1.09. The average Bonchev–Trinajstić information content (AvgIpc) is 2.63. The Morgan fingerprint density at radius 3 is 3.14 bits per heavy atom. The van der Waals surface area contributed by atoms with Crippen LogP contribution in [0.25, 0.3) is 0 Å². The van der Waals surface area contributed by atoms with E-state index in [-0.39, 0.29) is 6.29 Å². The third-order valence-electron chi connectivity index (χ3n) is 2.05. The fourth-order valence-corrected chi connectivity index (χ4v) is 7.84. The molecule has 2 nitrogen and oxygen atoms in total. The Balaban J connectivity index is 1.78. The zero-order valence-electron chi connectivity index (χ0n) is 7.73. The molecule has 1 aliphatic rings. The molecule has 0 radical (unpaired) electrons. The van der Waals surface area contributed by atoms with Crippen LogP contribution in [0, 0.1) is 1.81 Å². The first-order chi connectivity index (χ1) is 6.84. The molecule has 1 atom stereocenters. The Bertz CT molecular complexity index is 325. The minimum absolute atomic E-state index is 0.0674. The third-order valence-corrected chi connectivity index (χ3v) is 9.36. The van der Waals surface area contributed by atoms with E-state index in [0.29, 0.717) is 29.0 Å². The molecule has 0 saturated carbocycles. The molecule has 5 heteroatoms. The monoisotopic (exact) mass is 392 g/mol. The Labute approximate surface area is 103 Å². The van der Waals surface area contributed by atoms with E-state index in [2.05, 4.69) is 20.5 Å². The van der Waals surface area contributed by atoms with Crippen LogP contribution in [-0.2, 0) is 16.1 Å². The fourth-order valence-electron chi connectivity index (χ4n) is 1.35. The molecule has 0 aromatic carbocycles. The van der Waals surface area contributed by atoms with Gasteiger partial charge in [0, 0.05) is 0 Å². The summed E-state index contributed by atoms with van der Waals surface area (Å²) in [7, 11) is 0. The summed E-state index contributed by atoms with van der Waals surface area (Å²) < 4.78 is 14.3. The summed E-state index contributed by atoms with van der Waals surface area (Å²) in [6, 6.07) is 0. The van der Waals surface area contributed by atoms with Crippen molar-refractivity contribution < 1.29 is 9.47 Å². The van der Waals surface area contributed by atoms with Gasteiger partial charge in [-0.2, -0.15) is 0 Å². The SMILES string of the molecule is [Se]=c1[se]cc(COC2CCCCO2)[se]1. The van der Waals surface area contributed by atoms with Crippen molar-refractivity contribution in [1.29, 1.82) is 0 Å². The molecule has 1 aromatic rings. The number of rotatable bonds is 3. The second-order valence-electron chi connectivity index (χ2n) is 3.16. The van der Waals surface area contributed by atoms with Gasteiger partial charge < -0.3 is 0 Å². The predicted octanol–water partition coefficient (Wildman–Crippen LogP) is 0.544. The van der Waals surface area contributed by atoms with Gasteiger partial charge in [-0.15, -0.1) is 0 Å². The van der Waals surface area contributed by atoms with Gasteiger partial charge >= 0.3 is 104 Å². The van der Waals surface area contributed by atoms with Crippen LogP contribution in [0.15, 0.2) is 4.94 Å². The summed E-state index contributed by atoms with van der Waals surface area (Å²) in [5.74, 6) is 0. The zero-order valence-corrected chi connectivity index (χ0v) is 12.9. The van der Waals surface area contributed by atoms with Crippen molar-refractivity contribution in [2.45, 2.75) is 32.2 Å². The van der Waals surface area contributed by atoms with Gasteiger partial charge in [0.2, 0.25) is 0 Å². The molecule has 0 spiro atoms.